The van der Waals surface area contributed by atoms with Crippen LogP contribution in [-0.2, 0) is 16.9 Å². The fraction of sp³-hybridized carbons (Fsp3) is 0.421. The van der Waals surface area contributed by atoms with E-state index in [-0.39, 0.29) is 5.91 Å². The minimum atomic E-state index is -0.457. The number of nitrogens with one attached hydrogen (secondary N) is 1. The lowest BCUT2D eigenvalue weighted by molar-refractivity contribution is -0.131. The second-order valence-electron chi connectivity index (χ2n) is 6.32. The number of ether oxygens (including phenoxy) is 1. The number of halogens is 1. The third-order valence-corrected chi connectivity index (χ3v) is 5.38. The van der Waals surface area contributed by atoms with Gasteiger partial charge in [0.25, 0.3) is 0 Å². The molecule has 0 atom stereocenters. The van der Waals surface area contributed by atoms with Crippen LogP contribution >= 0.6 is 15.9 Å². The molecule has 0 radical (unpaired) electrons. The molecule has 1 N–H and O–H groups in total. The largest absolute Gasteiger partial charge is 0.496 e. The molecular weight excluding hydrogens is 368 g/mol. The van der Waals surface area contributed by atoms with Crippen molar-refractivity contribution in [3.05, 3.63) is 52.8 Å². The molecule has 24 heavy (non-hydrogen) atoms. The molecule has 1 amide bonds. The zero-order valence-electron chi connectivity index (χ0n) is 13.9. The summed E-state index contributed by atoms with van der Waals surface area (Å²) >= 11 is 3.48. The number of carbonyl (C=O) groups is 1. The highest BCUT2D eigenvalue weighted by molar-refractivity contribution is 9.10. The van der Waals surface area contributed by atoms with Gasteiger partial charge >= 0.3 is 0 Å². The second kappa shape index (κ2) is 7.43. The fourth-order valence-corrected chi connectivity index (χ4v) is 3.99. The lowest BCUT2D eigenvalue weighted by Gasteiger charge is -2.37. The molecule has 4 nitrogen and oxygen atoms in total. The molecule has 0 saturated heterocycles. The maximum atomic E-state index is 13.1. The highest BCUT2D eigenvalue weighted by Gasteiger charge is 2.40. The number of amides is 1. The maximum Gasteiger partial charge on any atom is 0.246 e. The molecular formula is C19H23BrN2O2. The highest BCUT2D eigenvalue weighted by Crippen LogP contribution is 2.35. The van der Waals surface area contributed by atoms with Crippen molar-refractivity contribution in [1.29, 1.82) is 0 Å². The summed E-state index contributed by atoms with van der Waals surface area (Å²) in [5, 5.41) is 3.14. The van der Waals surface area contributed by atoms with E-state index in [1.54, 1.807) is 7.11 Å². The molecule has 1 saturated carbocycles. The van der Waals surface area contributed by atoms with Gasteiger partial charge in [-0.1, -0.05) is 35.2 Å². The Balaban J connectivity index is 1.79. The first-order valence-corrected chi connectivity index (χ1v) is 9.19. The molecule has 0 spiro atoms. The van der Waals surface area contributed by atoms with Crippen molar-refractivity contribution >= 4 is 21.8 Å². The molecule has 128 valence electrons. The van der Waals surface area contributed by atoms with E-state index in [2.05, 4.69) is 25.8 Å². The first-order valence-electron chi connectivity index (χ1n) is 8.40. The van der Waals surface area contributed by atoms with Crippen LogP contribution < -0.4 is 10.1 Å². The molecule has 5 heteroatoms. The summed E-state index contributed by atoms with van der Waals surface area (Å²) < 4.78 is 8.46. The van der Waals surface area contributed by atoms with Crippen molar-refractivity contribution in [1.82, 2.24) is 9.88 Å². The van der Waals surface area contributed by atoms with Gasteiger partial charge in [-0.05, 0) is 43.2 Å². The van der Waals surface area contributed by atoms with Gasteiger partial charge in [0.2, 0.25) is 5.91 Å². The van der Waals surface area contributed by atoms with Crippen molar-refractivity contribution in [3.8, 4) is 5.75 Å². The van der Waals surface area contributed by atoms with Crippen LogP contribution in [0.3, 0.4) is 0 Å². The molecule has 1 aliphatic rings. The topological polar surface area (TPSA) is 43.3 Å². The Bertz CT molecular complexity index is 691. The van der Waals surface area contributed by atoms with Gasteiger partial charge in [0.05, 0.1) is 7.11 Å². The predicted octanol–water partition coefficient (Wildman–Crippen LogP) is 4.24. The van der Waals surface area contributed by atoms with Gasteiger partial charge in [-0.2, -0.15) is 0 Å². The van der Waals surface area contributed by atoms with Gasteiger partial charge in [-0.25, -0.2) is 0 Å². The SMILES string of the molecule is COc1ccc(Br)cc1CNC(=O)C1(n2cccc2)CCCCC1. The Morgan fingerprint density at radius 2 is 1.96 bits per heavy atom. The maximum absolute atomic E-state index is 13.1. The minimum Gasteiger partial charge on any atom is -0.496 e. The number of hydrogen-bond donors (Lipinski definition) is 1. The van der Waals surface area contributed by atoms with Crippen molar-refractivity contribution in [2.45, 2.75) is 44.2 Å². The molecule has 1 aromatic carbocycles. The number of methoxy groups -OCH3 is 1. The van der Waals surface area contributed by atoms with E-state index in [0.717, 1.165) is 41.5 Å². The number of aromatic nitrogens is 1. The Morgan fingerprint density at radius 1 is 1.25 bits per heavy atom. The van der Waals surface area contributed by atoms with Crippen molar-refractivity contribution in [3.63, 3.8) is 0 Å². The normalized spacial score (nSPS) is 16.6. The number of benzene rings is 1. The van der Waals surface area contributed by atoms with E-state index in [0.29, 0.717) is 6.54 Å². The zero-order chi connectivity index (χ0) is 17.0. The second-order valence-corrected chi connectivity index (χ2v) is 7.24. The Hall–Kier alpha value is -1.75. The first kappa shape index (κ1) is 17.1. The van der Waals surface area contributed by atoms with Crippen LogP contribution in [0, 0.1) is 0 Å². The van der Waals surface area contributed by atoms with E-state index in [1.165, 1.54) is 6.42 Å². The van der Waals surface area contributed by atoms with Crippen LogP contribution in [0.2, 0.25) is 0 Å². The minimum absolute atomic E-state index is 0.0976. The summed E-state index contributed by atoms with van der Waals surface area (Å²) in [5.41, 5.74) is 0.514. The van der Waals surface area contributed by atoms with Crippen LogP contribution in [0.15, 0.2) is 47.2 Å². The third-order valence-electron chi connectivity index (χ3n) is 4.88. The molecule has 1 aliphatic carbocycles. The average Bonchev–Trinajstić information content (AvgIpc) is 3.15. The van der Waals surface area contributed by atoms with E-state index >= 15 is 0 Å². The highest BCUT2D eigenvalue weighted by atomic mass is 79.9. The standard InChI is InChI=1S/C19H23BrN2O2/c1-24-17-8-7-16(20)13-15(17)14-21-18(23)19(9-3-2-4-10-19)22-11-5-6-12-22/h5-8,11-13H,2-4,9-10,14H2,1H3,(H,21,23). The Kier molecular flexibility index (Phi) is 5.29. The van der Waals surface area contributed by atoms with E-state index in [9.17, 15) is 4.79 Å². The molecule has 3 rings (SSSR count). The summed E-state index contributed by atoms with van der Waals surface area (Å²) in [6.07, 6.45) is 9.18. The lowest BCUT2D eigenvalue weighted by atomic mass is 9.80. The van der Waals surface area contributed by atoms with Crippen LogP contribution in [0.25, 0.3) is 0 Å². The third kappa shape index (κ3) is 3.36. The first-order chi connectivity index (χ1) is 11.7. The van der Waals surface area contributed by atoms with Crippen LogP contribution in [-0.4, -0.2) is 17.6 Å². The van der Waals surface area contributed by atoms with Crippen molar-refractivity contribution < 1.29 is 9.53 Å². The molecule has 0 bridgehead atoms. The summed E-state index contributed by atoms with van der Waals surface area (Å²) in [7, 11) is 1.65. The van der Waals surface area contributed by atoms with Gasteiger partial charge in [0, 0.05) is 29.0 Å². The average molecular weight is 391 g/mol. The summed E-state index contributed by atoms with van der Waals surface area (Å²) in [5.74, 6) is 0.887. The number of rotatable bonds is 5. The number of nitrogens with zero attached hydrogens (tertiary/aromatic N) is 1. The summed E-state index contributed by atoms with van der Waals surface area (Å²) in [4.78, 5) is 13.1. The molecule has 0 unspecified atom stereocenters. The summed E-state index contributed by atoms with van der Waals surface area (Å²) in [6.45, 7) is 0.463. The van der Waals surface area contributed by atoms with Gasteiger partial charge in [-0.3, -0.25) is 4.79 Å². The summed E-state index contributed by atoms with van der Waals surface area (Å²) in [6, 6.07) is 9.81. The Morgan fingerprint density at radius 3 is 2.62 bits per heavy atom. The van der Waals surface area contributed by atoms with E-state index in [4.69, 9.17) is 4.74 Å². The zero-order valence-corrected chi connectivity index (χ0v) is 15.5. The quantitative estimate of drug-likeness (QED) is 0.829. The monoisotopic (exact) mass is 390 g/mol. The predicted molar refractivity (Wildman–Crippen MR) is 98.0 cm³/mol. The lowest BCUT2D eigenvalue weighted by Crippen LogP contribution is -2.49. The van der Waals surface area contributed by atoms with E-state index < -0.39 is 5.54 Å². The van der Waals surface area contributed by atoms with Crippen LogP contribution in [0.4, 0.5) is 0 Å². The van der Waals surface area contributed by atoms with Gasteiger partial charge < -0.3 is 14.6 Å². The smallest absolute Gasteiger partial charge is 0.246 e. The molecule has 0 aliphatic heterocycles. The van der Waals surface area contributed by atoms with E-state index in [1.807, 2.05) is 42.7 Å². The molecule has 2 aromatic rings. The van der Waals surface area contributed by atoms with Crippen LogP contribution in [0.5, 0.6) is 5.75 Å². The fourth-order valence-electron chi connectivity index (χ4n) is 3.58. The van der Waals surface area contributed by atoms with Gasteiger partial charge in [-0.15, -0.1) is 0 Å². The van der Waals surface area contributed by atoms with Gasteiger partial charge in [0.15, 0.2) is 0 Å². The van der Waals surface area contributed by atoms with Crippen molar-refractivity contribution in [2.75, 3.05) is 7.11 Å². The van der Waals surface area contributed by atoms with Crippen molar-refractivity contribution in [2.24, 2.45) is 0 Å². The number of carbonyl (C=O) groups excluding carboxylic acids is 1. The van der Waals surface area contributed by atoms with Crippen LogP contribution in [0.1, 0.15) is 37.7 Å². The van der Waals surface area contributed by atoms with Gasteiger partial charge in [0.1, 0.15) is 11.3 Å². The molecule has 1 aromatic heterocycles. The Labute approximate surface area is 151 Å². The number of hydrogen-bond acceptors (Lipinski definition) is 2. The molecule has 1 heterocycles. The molecule has 1 fully saturated rings.